The van der Waals surface area contributed by atoms with Crippen molar-refractivity contribution in [2.24, 2.45) is 11.3 Å². The molecule has 90 valence electrons. The van der Waals surface area contributed by atoms with Crippen LogP contribution in [0.15, 0.2) is 16.8 Å². The number of nitrogens with zero attached hydrogens (tertiary/aromatic N) is 1. The van der Waals surface area contributed by atoms with Crippen LogP contribution in [0.3, 0.4) is 0 Å². The van der Waals surface area contributed by atoms with Crippen LogP contribution in [0.1, 0.15) is 39.2 Å². The summed E-state index contributed by atoms with van der Waals surface area (Å²) < 4.78 is 0. The average Bonchev–Trinajstić information content (AvgIpc) is 2.70. The molecule has 0 bridgehead atoms. The number of piperidine rings is 1. The van der Waals surface area contributed by atoms with E-state index < -0.39 is 0 Å². The van der Waals surface area contributed by atoms with Crippen LogP contribution in [0.4, 0.5) is 0 Å². The highest BCUT2D eigenvalue weighted by Crippen LogP contribution is 2.34. The maximum Gasteiger partial charge on any atom is 0.0241 e. The zero-order chi connectivity index (χ0) is 11.6. The molecule has 0 radical (unpaired) electrons. The van der Waals surface area contributed by atoms with Gasteiger partial charge in [0.1, 0.15) is 0 Å². The quantitative estimate of drug-likeness (QED) is 0.751. The molecule has 0 aliphatic carbocycles. The van der Waals surface area contributed by atoms with Crippen molar-refractivity contribution in [2.45, 2.75) is 40.2 Å². The van der Waals surface area contributed by atoms with Crippen molar-refractivity contribution in [3.05, 3.63) is 22.4 Å². The Morgan fingerprint density at radius 3 is 2.50 bits per heavy atom. The fourth-order valence-corrected chi connectivity index (χ4v) is 3.26. The van der Waals surface area contributed by atoms with Crippen molar-refractivity contribution in [1.82, 2.24) is 4.90 Å². The molecule has 1 aliphatic heterocycles. The molecule has 1 nitrogen and oxygen atoms in total. The minimum Gasteiger partial charge on any atom is -0.299 e. The van der Waals surface area contributed by atoms with Crippen molar-refractivity contribution >= 4 is 11.3 Å². The van der Waals surface area contributed by atoms with Gasteiger partial charge in [-0.2, -0.15) is 11.3 Å². The SMILES string of the molecule is CC(C)(C)C1CCN(Cc2ccsc2)CC1. The van der Waals surface area contributed by atoms with E-state index in [1.54, 1.807) is 11.3 Å². The van der Waals surface area contributed by atoms with Crippen LogP contribution >= 0.6 is 11.3 Å². The summed E-state index contributed by atoms with van der Waals surface area (Å²) >= 11 is 1.81. The summed E-state index contributed by atoms with van der Waals surface area (Å²) in [5.74, 6) is 0.909. The Morgan fingerprint density at radius 2 is 2.00 bits per heavy atom. The van der Waals surface area contributed by atoms with E-state index >= 15 is 0 Å². The molecule has 0 unspecified atom stereocenters. The van der Waals surface area contributed by atoms with Gasteiger partial charge in [0, 0.05) is 6.54 Å². The highest BCUT2D eigenvalue weighted by atomic mass is 32.1. The Kier molecular flexibility index (Phi) is 3.70. The first-order valence-corrected chi connectivity index (χ1v) is 7.23. The Morgan fingerprint density at radius 1 is 1.31 bits per heavy atom. The fraction of sp³-hybridized carbons (Fsp3) is 0.714. The molecule has 16 heavy (non-hydrogen) atoms. The molecule has 0 saturated carbocycles. The lowest BCUT2D eigenvalue weighted by atomic mass is 9.75. The molecule has 1 aromatic heterocycles. The number of hydrogen-bond donors (Lipinski definition) is 0. The topological polar surface area (TPSA) is 3.24 Å². The third-order valence-corrected chi connectivity index (χ3v) is 4.53. The monoisotopic (exact) mass is 237 g/mol. The smallest absolute Gasteiger partial charge is 0.0241 e. The molecular formula is C14H23NS. The van der Waals surface area contributed by atoms with Gasteiger partial charge in [-0.15, -0.1) is 0 Å². The van der Waals surface area contributed by atoms with Gasteiger partial charge >= 0.3 is 0 Å². The van der Waals surface area contributed by atoms with E-state index in [1.807, 2.05) is 0 Å². The van der Waals surface area contributed by atoms with Gasteiger partial charge in [0.2, 0.25) is 0 Å². The lowest BCUT2D eigenvalue weighted by Gasteiger charge is -2.38. The molecule has 0 spiro atoms. The second-order valence-corrected chi connectivity index (χ2v) is 6.83. The van der Waals surface area contributed by atoms with Crippen LogP contribution in [-0.4, -0.2) is 18.0 Å². The van der Waals surface area contributed by atoms with Gasteiger partial charge in [-0.25, -0.2) is 0 Å². The van der Waals surface area contributed by atoms with Crippen LogP contribution in [-0.2, 0) is 6.54 Å². The van der Waals surface area contributed by atoms with Crippen LogP contribution < -0.4 is 0 Å². The molecule has 0 N–H and O–H groups in total. The molecular weight excluding hydrogens is 214 g/mol. The van der Waals surface area contributed by atoms with E-state index in [0.29, 0.717) is 5.41 Å². The van der Waals surface area contributed by atoms with Gasteiger partial charge in [0.05, 0.1) is 0 Å². The van der Waals surface area contributed by atoms with Gasteiger partial charge in [-0.3, -0.25) is 4.90 Å². The Hall–Kier alpha value is -0.340. The average molecular weight is 237 g/mol. The first kappa shape index (κ1) is 12.1. The molecule has 1 fully saturated rings. The minimum atomic E-state index is 0.495. The zero-order valence-corrected chi connectivity index (χ0v) is 11.5. The van der Waals surface area contributed by atoms with Crippen LogP contribution in [0, 0.1) is 11.3 Å². The Bertz CT molecular complexity index is 302. The highest BCUT2D eigenvalue weighted by molar-refractivity contribution is 7.07. The van der Waals surface area contributed by atoms with Gasteiger partial charge in [-0.05, 0) is 59.7 Å². The maximum absolute atomic E-state index is 2.60. The summed E-state index contributed by atoms with van der Waals surface area (Å²) in [4.78, 5) is 2.60. The minimum absolute atomic E-state index is 0.495. The standard InChI is InChI=1S/C14H23NS/c1-14(2,3)13-4-7-15(8-5-13)10-12-6-9-16-11-12/h6,9,11,13H,4-5,7-8,10H2,1-3H3. The summed E-state index contributed by atoms with van der Waals surface area (Å²) in [5.41, 5.74) is 1.98. The van der Waals surface area contributed by atoms with Crippen molar-refractivity contribution in [1.29, 1.82) is 0 Å². The van der Waals surface area contributed by atoms with Gasteiger partial charge in [0.15, 0.2) is 0 Å². The van der Waals surface area contributed by atoms with Crippen LogP contribution in [0.5, 0.6) is 0 Å². The van der Waals surface area contributed by atoms with E-state index in [9.17, 15) is 0 Å². The first-order valence-electron chi connectivity index (χ1n) is 6.29. The molecule has 2 heteroatoms. The van der Waals surface area contributed by atoms with Crippen LogP contribution in [0.2, 0.25) is 0 Å². The first-order chi connectivity index (χ1) is 7.55. The molecule has 1 aromatic rings. The second kappa shape index (κ2) is 4.89. The molecule has 0 atom stereocenters. The number of likely N-dealkylation sites (tertiary alicyclic amines) is 1. The summed E-state index contributed by atoms with van der Waals surface area (Å²) in [6, 6.07) is 2.25. The van der Waals surface area contributed by atoms with E-state index in [-0.39, 0.29) is 0 Å². The third-order valence-electron chi connectivity index (χ3n) is 3.80. The van der Waals surface area contributed by atoms with Crippen molar-refractivity contribution in [3.8, 4) is 0 Å². The van der Waals surface area contributed by atoms with E-state index in [2.05, 4.69) is 42.5 Å². The largest absolute Gasteiger partial charge is 0.299 e. The predicted octanol–water partition coefficient (Wildman–Crippen LogP) is 4.01. The Balaban J connectivity index is 1.82. The lowest BCUT2D eigenvalue weighted by Crippen LogP contribution is -2.37. The van der Waals surface area contributed by atoms with Gasteiger partial charge in [0.25, 0.3) is 0 Å². The molecule has 1 saturated heterocycles. The Labute approximate surface area is 103 Å². The van der Waals surface area contributed by atoms with Crippen molar-refractivity contribution in [3.63, 3.8) is 0 Å². The van der Waals surface area contributed by atoms with E-state index in [1.165, 1.54) is 31.5 Å². The molecule has 0 aromatic carbocycles. The summed E-state index contributed by atoms with van der Waals surface area (Å²) in [6.07, 6.45) is 2.74. The number of hydrogen-bond acceptors (Lipinski definition) is 2. The summed E-state index contributed by atoms with van der Waals surface area (Å²) in [7, 11) is 0. The predicted molar refractivity (Wildman–Crippen MR) is 71.8 cm³/mol. The number of rotatable bonds is 2. The maximum atomic E-state index is 2.60. The van der Waals surface area contributed by atoms with E-state index in [4.69, 9.17) is 0 Å². The molecule has 2 rings (SSSR count). The molecule has 2 heterocycles. The van der Waals surface area contributed by atoms with Crippen molar-refractivity contribution < 1.29 is 0 Å². The van der Waals surface area contributed by atoms with Gasteiger partial charge in [-0.1, -0.05) is 20.8 Å². The van der Waals surface area contributed by atoms with Crippen molar-refractivity contribution in [2.75, 3.05) is 13.1 Å². The molecule has 0 amide bonds. The normalized spacial score (nSPS) is 20.2. The summed E-state index contributed by atoms with van der Waals surface area (Å²) in [6.45, 7) is 10.8. The molecule has 1 aliphatic rings. The third kappa shape index (κ3) is 3.08. The van der Waals surface area contributed by atoms with Gasteiger partial charge < -0.3 is 0 Å². The van der Waals surface area contributed by atoms with Crippen LogP contribution in [0.25, 0.3) is 0 Å². The summed E-state index contributed by atoms with van der Waals surface area (Å²) in [5, 5.41) is 4.45. The lowest BCUT2D eigenvalue weighted by molar-refractivity contribution is 0.108. The van der Waals surface area contributed by atoms with E-state index in [0.717, 1.165) is 12.5 Å². The highest BCUT2D eigenvalue weighted by Gasteiger charge is 2.28. The fourth-order valence-electron chi connectivity index (χ4n) is 2.60. The second-order valence-electron chi connectivity index (χ2n) is 6.05. The number of thiophene rings is 1. The zero-order valence-electron chi connectivity index (χ0n) is 10.7.